The molecule has 2 aliphatic rings. The van der Waals surface area contributed by atoms with Crippen LogP contribution in [0.3, 0.4) is 0 Å². The molecule has 11 heteroatoms. The van der Waals surface area contributed by atoms with Gasteiger partial charge < -0.3 is 45.2 Å². The molecular formula is C31H33N3O8. The molecule has 0 saturated carbocycles. The molecular weight excluding hydrogens is 542 g/mol. The van der Waals surface area contributed by atoms with Crippen molar-refractivity contribution in [1.29, 1.82) is 0 Å². The third kappa shape index (κ3) is 7.38. The number of aliphatic hydroxyl groups is 1. The Bertz CT molecular complexity index is 1430. The number of carbonyl (C=O) groups excluding carboxylic acids is 2. The second kappa shape index (κ2) is 13.9. The molecule has 0 spiro atoms. The summed E-state index contributed by atoms with van der Waals surface area (Å²) >= 11 is 0. The van der Waals surface area contributed by atoms with Gasteiger partial charge in [-0.05, 0) is 53.6 Å². The zero-order valence-electron chi connectivity index (χ0n) is 22.9. The Balaban J connectivity index is 1.21. The van der Waals surface area contributed by atoms with Crippen LogP contribution in [0.1, 0.15) is 33.8 Å². The lowest BCUT2D eigenvalue weighted by molar-refractivity contribution is -0.151. The molecule has 5 rings (SSSR count). The number of rotatable bonds is 12. The predicted molar refractivity (Wildman–Crippen MR) is 154 cm³/mol. The first-order valence-corrected chi connectivity index (χ1v) is 13.6. The number of para-hydroxylation sites is 2. The summed E-state index contributed by atoms with van der Waals surface area (Å²) in [6, 6.07) is 19.6. The van der Waals surface area contributed by atoms with Crippen LogP contribution in [0.4, 0.5) is 11.4 Å². The van der Waals surface area contributed by atoms with E-state index in [0.717, 1.165) is 11.1 Å². The Labute approximate surface area is 243 Å². The first-order chi connectivity index (χ1) is 20.5. The van der Waals surface area contributed by atoms with Crippen LogP contribution in [0, 0.1) is 0 Å². The van der Waals surface area contributed by atoms with E-state index in [1.165, 1.54) is 0 Å². The highest BCUT2D eigenvalue weighted by Gasteiger charge is 2.30. The van der Waals surface area contributed by atoms with Gasteiger partial charge in [0.15, 0.2) is 17.3 Å². The first-order valence-electron chi connectivity index (χ1n) is 13.6. The minimum Gasteiger partial charge on any atom is -0.459 e. The van der Waals surface area contributed by atoms with Crippen LogP contribution in [0.15, 0.2) is 78.6 Å². The number of hydrogen-bond acceptors (Lipinski definition) is 9. The van der Waals surface area contributed by atoms with Crippen LogP contribution in [0.25, 0.3) is 0 Å². The van der Waals surface area contributed by atoms with Gasteiger partial charge in [0.05, 0.1) is 37.8 Å². The number of amides is 2. The molecule has 2 heterocycles. The Hall–Kier alpha value is -4.58. The van der Waals surface area contributed by atoms with Crippen LogP contribution < -0.4 is 25.8 Å². The van der Waals surface area contributed by atoms with Crippen molar-refractivity contribution in [2.45, 2.75) is 25.2 Å². The Kier molecular flexibility index (Phi) is 9.55. The van der Waals surface area contributed by atoms with Crippen molar-refractivity contribution < 1.29 is 38.4 Å². The summed E-state index contributed by atoms with van der Waals surface area (Å²) in [6.07, 6.45) is 1.58. The van der Waals surface area contributed by atoms with Crippen molar-refractivity contribution >= 4 is 23.2 Å². The van der Waals surface area contributed by atoms with E-state index in [2.05, 4.69) is 10.6 Å². The zero-order valence-corrected chi connectivity index (χ0v) is 22.9. The summed E-state index contributed by atoms with van der Waals surface area (Å²) in [7, 11) is 0. The average molecular weight is 576 g/mol. The normalized spacial score (nSPS) is 17.2. The molecule has 0 saturated heterocycles. The Morgan fingerprint density at radius 3 is 2.57 bits per heavy atom. The third-order valence-electron chi connectivity index (χ3n) is 6.75. The van der Waals surface area contributed by atoms with Gasteiger partial charge in [0, 0.05) is 24.4 Å². The van der Waals surface area contributed by atoms with Crippen LogP contribution >= 0.6 is 0 Å². The summed E-state index contributed by atoms with van der Waals surface area (Å²) in [5.74, 6) is 0.612. The standard InChI is InChI=1S/C31H33N3O8/c32-24-3-1-2-4-25(24)34-30(36)21-7-5-20(6-8-21)18-33-31(37)28-16-23(17-29(42-28)39-14-13-38-12-11-35)22-9-10-26-27(15-22)41-19-40-26/h1-10,15-16,23,29,35H,11-14,17-19,32H2,(H,33,37)(H,34,36)/t23-,29+/m1/s1. The molecule has 3 aromatic rings. The van der Waals surface area contributed by atoms with Gasteiger partial charge in [-0.15, -0.1) is 0 Å². The summed E-state index contributed by atoms with van der Waals surface area (Å²) in [4.78, 5) is 25.8. The van der Waals surface area contributed by atoms with Gasteiger partial charge >= 0.3 is 0 Å². The van der Waals surface area contributed by atoms with Gasteiger partial charge in [-0.3, -0.25) is 9.59 Å². The zero-order chi connectivity index (χ0) is 29.3. The van der Waals surface area contributed by atoms with Crippen molar-refractivity contribution in [2.75, 3.05) is 44.3 Å². The van der Waals surface area contributed by atoms with Gasteiger partial charge in [-0.1, -0.05) is 30.3 Å². The fourth-order valence-corrected chi connectivity index (χ4v) is 4.55. The van der Waals surface area contributed by atoms with Gasteiger partial charge in [0.25, 0.3) is 11.8 Å². The number of hydrogen-bond donors (Lipinski definition) is 4. The maximum atomic E-state index is 13.2. The molecule has 0 bridgehead atoms. The van der Waals surface area contributed by atoms with Gasteiger partial charge in [0.2, 0.25) is 13.1 Å². The van der Waals surface area contributed by atoms with E-state index in [9.17, 15) is 9.59 Å². The molecule has 0 aromatic heterocycles. The summed E-state index contributed by atoms with van der Waals surface area (Å²) in [6.45, 7) is 1.07. The van der Waals surface area contributed by atoms with E-state index >= 15 is 0 Å². The molecule has 0 aliphatic carbocycles. The Morgan fingerprint density at radius 2 is 1.76 bits per heavy atom. The van der Waals surface area contributed by atoms with Gasteiger partial charge in [0.1, 0.15) is 0 Å². The molecule has 0 unspecified atom stereocenters. The van der Waals surface area contributed by atoms with Crippen molar-refractivity contribution in [3.8, 4) is 11.5 Å². The smallest absolute Gasteiger partial charge is 0.286 e. The number of nitrogen functional groups attached to an aromatic ring is 1. The second-order valence-electron chi connectivity index (χ2n) is 9.66. The molecule has 42 heavy (non-hydrogen) atoms. The lowest BCUT2D eigenvalue weighted by atomic mass is 9.92. The molecule has 2 aliphatic heterocycles. The van der Waals surface area contributed by atoms with E-state index in [1.807, 2.05) is 18.2 Å². The average Bonchev–Trinajstić information content (AvgIpc) is 3.49. The fourth-order valence-electron chi connectivity index (χ4n) is 4.55. The summed E-state index contributed by atoms with van der Waals surface area (Å²) < 4.78 is 28.0. The number of fused-ring (bicyclic) bond motifs is 1. The van der Waals surface area contributed by atoms with Crippen LogP contribution in [-0.2, 0) is 25.5 Å². The molecule has 220 valence electrons. The maximum absolute atomic E-state index is 13.2. The fraction of sp³-hybridized carbons (Fsp3) is 0.290. The highest BCUT2D eigenvalue weighted by atomic mass is 16.7. The van der Waals surface area contributed by atoms with Crippen molar-refractivity contribution in [2.24, 2.45) is 0 Å². The minimum atomic E-state index is -0.680. The predicted octanol–water partition coefficient (Wildman–Crippen LogP) is 3.31. The number of benzene rings is 3. The molecule has 0 fully saturated rings. The van der Waals surface area contributed by atoms with Crippen molar-refractivity contribution in [3.63, 3.8) is 0 Å². The molecule has 0 radical (unpaired) electrons. The first kappa shape index (κ1) is 28.9. The minimum absolute atomic E-state index is 0.0715. The number of aliphatic hydroxyl groups excluding tert-OH is 1. The highest BCUT2D eigenvalue weighted by Crippen LogP contribution is 2.38. The number of carbonyl (C=O) groups is 2. The van der Waals surface area contributed by atoms with Crippen LogP contribution in [0.5, 0.6) is 11.5 Å². The van der Waals surface area contributed by atoms with E-state index in [4.69, 9.17) is 34.5 Å². The number of nitrogens with two attached hydrogens (primary N) is 1. The number of anilines is 2. The molecule has 3 aromatic carbocycles. The van der Waals surface area contributed by atoms with Gasteiger partial charge in [-0.25, -0.2) is 0 Å². The van der Waals surface area contributed by atoms with Crippen LogP contribution in [0.2, 0.25) is 0 Å². The third-order valence-corrected chi connectivity index (χ3v) is 6.75. The van der Waals surface area contributed by atoms with Gasteiger partial charge in [-0.2, -0.15) is 0 Å². The largest absolute Gasteiger partial charge is 0.459 e. The molecule has 5 N–H and O–H groups in total. The highest BCUT2D eigenvalue weighted by molar-refractivity contribution is 6.05. The van der Waals surface area contributed by atoms with Crippen LogP contribution in [-0.4, -0.2) is 56.4 Å². The van der Waals surface area contributed by atoms with Crippen molar-refractivity contribution in [1.82, 2.24) is 5.32 Å². The van der Waals surface area contributed by atoms with E-state index in [1.54, 1.807) is 54.6 Å². The second-order valence-corrected chi connectivity index (χ2v) is 9.66. The molecule has 2 amide bonds. The number of nitrogens with one attached hydrogen (secondary N) is 2. The van der Waals surface area contributed by atoms with E-state index in [0.29, 0.717) is 34.9 Å². The summed E-state index contributed by atoms with van der Waals surface area (Å²) in [5.41, 5.74) is 9.13. The molecule has 11 nitrogen and oxygen atoms in total. The Morgan fingerprint density at radius 1 is 0.952 bits per heavy atom. The lowest BCUT2D eigenvalue weighted by Gasteiger charge is -2.29. The number of allylic oxidation sites excluding steroid dienone is 1. The lowest BCUT2D eigenvalue weighted by Crippen LogP contribution is -2.33. The van der Waals surface area contributed by atoms with E-state index < -0.39 is 12.2 Å². The summed E-state index contributed by atoms with van der Waals surface area (Å²) in [5, 5.41) is 14.6. The quantitative estimate of drug-likeness (QED) is 0.188. The maximum Gasteiger partial charge on any atom is 0.286 e. The van der Waals surface area contributed by atoms with Crippen molar-refractivity contribution in [3.05, 3.63) is 95.3 Å². The topological polar surface area (TPSA) is 151 Å². The van der Waals surface area contributed by atoms with E-state index in [-0.39, 0.29) is 57.3 Å². The molecule has 2 atom stereocenters. The SMILES string of the molecule is Nc1ccccc1NC(=O)c1ccc(CNC(=O)C2=C[C@@H](c3ccc4c(c3)OCO4)C[C@@H](OCCOCCO)O2)cc1. The number of ether oxygens (including phenoxy) is 5. The monoisotopic (exact) mass is 575 g/mol.